The number of hydrogen-bond acceptors (Lipinski definition) is 5. The number of nitrogens with one attached hydrogen (secondary N) is 2. The van der Waals surface area contributed by atoms with Crippen molar-refractivity contribution in [2.75, 3.05) is 11.9 Å². The maximum atomic E-state index is 11.8. The van der Waals surface area contributed by atoms with Crippen molar-refractivity contribution in [3.63, 3.8) is 0 Å². The van der Waals surface area contributed by atoms with Gasteiger partial charge in [-0.2, -0.15) is 0 Å². The minimum Gasteiger partial charge on any atom is -0.454 e. The molecule has 0 aliphatic heterocycles. The number of anilines is 1. The third kappa shape index (κ3) is 3.73. The molecule has 0 aliphatic carbocycles. The molecule has 3 aromatic heterocycles. The molecule has 0 aliphatic rings. The number of aromatic amines is 1. The molecular weight excluding hydrogens is 372 g/mol. The number of furan rings is 1. The molecule has 3 heterocycles. The Balaban J connectivity index is 1.66. The summed E-state index contributed by atoms with van der Waals surface area (Å²) in [5, 5.41) is 3.23. The molecule has 0 aromatic carbocycles. The highest BCUT2D eigenvalue weighted by atomic mass is 79.9. The number of aryl methyl sites for hydroxylation is 1. The first-order valence-corrected chi connectivity index (χ1v) is 8.34. The maximum absolute atomic E-state index is 11.8. The number of aromatic nitrogens is 3. The van der Waals surface area contributed by atoms with E-state index in [2.05, 4.69) is 36.2 Å². The van der Waals surface area contributed by atoms with E-state index in [-0.39, 0.29) is 5.56 Å². The first kappa shape index (κ1) is 16.4. The molecule has 0 unspecified atom stereocenters. The number of pyridine rings is 1. The molecule has 3 aromatic rings. The van der Waals surface area contributed by atoms with E-state index >= 15 is 0 Å². The van der Waals surface area contributed by atoms with Gasteiger partial charge < -0.3 is 14.7 Å². The maximum Gasteiger partial charge on any atom is 0.254 e. The van der Waals surface area contributed by atoms with E-state index in [0.717, 1.165) is 33.9 Å². The van der Waals surface area contributed by atoms with Gasteiger partial charge in [0, 0.05) is 36.0 Å². The molecule has 0 saturated carbocycles. The van der Waals surface area contributed by atoms with Gasteiger partial charge in [0.25, 0.3) is 5.56 Å². The number of rotatable bonds is 5. The lowest BCUT2D eigenvalue weighted by molar-refractivity contribution is 0.491. The first-order valence-electron chi connectivity index (χ1n) is 7.55. The van der Waals surface area contributed by atoms with Crippen molar-refractivity contribution >= 4 is 21.7 Å². The Kier molecular flexibility index (Phi) is 4.80. The van der Waals surface area contributed by atoms with Crippen molar-refractivity contribution in [3.8, 4) is 11.4 Å². The average Bonchev–Trinajstić information content (AvgIpc) is 2.98. The van der Waals surface area contributed by atoms with Crippen LogP contribution < -0.4 is 10.9 Å². The van der Waals surface area contributed by atoms with E-state index in [9.17, 15) is 4.79 Å². The van der Waals surface area contributed by atoms with Crippen molar-refractivity contribution in [2.45, 2.75) is 20.3 Å². The second kappa shape index (κ2) is 7.00. The standard InChI is InChI=1S/C17H17BrN4O2/c1-10-11(2)21-16(22-17(10)23)12-3-6-15(20-9-12)19-8-7-13-4-5-14(18)24-13/h3-6,9H,7-8H2,1-2H3,(H,19,20)(H,21,22,23). The summed E-state index contributed by atoms with van der Waals surface area (Å²) in [5.74, 6) is 2.20. The molecular formula is C17H17BrN4O2. The van der Waals surface area contributed by atoms with Crippen LogP contribution in [-0.4, -0.2) is 21.5 Å². The van der Waals surface area contributed by atoms with Crippen LogP contribution in [-0.2, 0) is 6.42 Å². The van der Waals surface area contributed by atoms with Gasteiger partial charge in [0.2, 0.25) is 0 Å². The van der Waals surface area contributed by atoms with Crippen LogP contribution >= 0.6 is 15.9 Å². The zero-order chi connectivity index (χ0) is 17.1. The van der Waals surface area contributed by atoms with Gasteiger partial charge in [-0.25, -0.2) is 9.97 Å². The highest BCUT2D eigenvalue weighted by Crippen LogP contribution is 2.16. The lowest BCUT2D eigenvalue weighted by Gasteiger charge is -2.07. The molecule has 7 heteroatoms. The molecule has 124 valence electrons. The van der Waals surface area contributed by atoms with E-state index < -0.39 is 0 Å². The molecule has 24 heavy (non-hydrogen) atoms. The molecule has 0 spiro atoms. The number of H-pyrrole nitrogens is 1. The molecule has 2 N–H and O–H groups in total. The third-order valence-corrected chi connectivity index (χ3v) is 4.16. The third-order valence-electron chi connectivity index (χ3n) is 3.74. The number of hydrogen-bond donors (Lipinski definition) is 2. The summed E-state index contributed by atoms with van der Waals surface area (Å²) in [6.07, 6.45) is 2.46. The summed E-state index contributed by atoms with van der Waals surface area (Å²) >= 11 is 3.28. The smallest absolute Gasteiger partial charge is 0.254 e. The van der Waals surface area contributed by atoms with E-state index in [1.807, 2.05) is 31.2 Å². The van der Waals surface area contributed by atoms with Crippen molar-refractivity contribution in [3.05, 3.63) is 62.5 Å². The predicted molar refractivity (Wildman–Crippen MR) is 96.2 cm³/mol. The summed E-state index contributed by atoms with van der Waals surface area (Å²) in [6, 6.07) is 7.55. The van der Waals surface area contributed by atoms with E-state index in [1.54, 1.807) is 13.1 Å². The van der Waals surface area contributed by atoms with Gasteiger partial charge in [-0.05, 0) is 54.0 Å². The highest BCUT2D eigenvalue weighted by Gasteiger charge is 2.06. The normalized spacial score (nSPS) is 10.8. The Labute approximate surface area is 147 Å². The van der Waals surface area contributed by atoms with Crippen LogP contribution in [0.1, 0.15) is 17.0 Å². The number of nitrogens with zero attached hydrogens (tertiary/aromatic N) is 2. The monoisotopic (exact) mass is 388 g/mol. The topological polar surface area (TPSA) is 83.8 Å². The summed E-state index contributed by atoms with van der Waals surface area (Å²) in [4.78, 5) is 23.4. The van der Waals surface area contributed by atoms with Crippen LogP contribution in [0.5, 0.6) is 0 Å². The highest BCUT2D eigenvalue weighted by molar-refractivity contribution is 9.10. The van der Waals surface area contributed by atoms with Gasteiger partial charge >= 0.3 is 0 Å². The van der Waals surface area contributed by atoms with Crippen LogP contribution in [0, 0.1) is 13.8 Å². The van der Waals surface area contributed by atoms with E-state index in [0.29, 0.717) is 17.9 Å². The largest absolute Gasteiger partial charge is 0.454 e. The molecule has 3 rings (SSSR count). The summed E-state index contributed by atoms with van der Waals surface area (Å²) in [5.41, 5.74) is 2.01. The fraction of sp³-hybridized carbons (Fsp3) is 0.235. The van der Waals surface area contributed by atoms with Gasteiger partial charge in [0.05, 0.1) is 0 Å². The van der Waals surface area contributed by atoms with Crippen LogP contribution in [0.15, 0.2) is 44.3 Å². The van der Waals surface area contributed by atoms with Gasteiger partial charge in [0.1, 0.15) is 17.4 Å². The number of halogens is 1. The van der Waals surface area contributed by atoms with Crippen LogP contribution in [0.25, 0.3) is 11.4 Å². The fourth-order valence-electron chi connectivity index (χ4n) is 2.22. The van der Waals surface area contributed by atoms with Gasteiger partial charge in [-0.3, -0.25) is 4.79 Å². The Morgan fingerprint density at radius 3 is 2.71 bits per heavy atom. The van der Waals surface area contributed by atoms with Crippen molar-refractivity contribution in [1.29, 1.82) is 0 Å². The molecule has 0 fully saturated rings. The predicted octanol–water partition coefficient (Wildman–Crippen LogP) is 3.46. The van der Waals surface area contributed by atoms with E-state index in [4.69, 9.17) is 4.42 Å². The van der Waals surface area contributed by atoms with Crippen molar-refractivity contribution < 1.29 is 4.42 Å². The Morgan fingerprint density at radius 1 is 1.25 bits per heavy atom. The van der Waals surface area contributed by atoms with Gasteiger partial charge in [-0.15, -0.1) is 0 Å². The SMILES string of the molecule is Cc1nc(-c2ccc(NCCc3ccc(Br)o3)nc2)[nH]c(=O)c1C. The summed E-state index contributed by atoms with van der Waals surface area (Å²) < 4.78 is 6.18. The molecule has 6 nitrogen and oxygen atoms in total. The Bertz CT molecular complexity index is 900. The lowest BCUT2D eigenvalue weighted by atomic mass is 10.2. The van der Waals surface area contributed by atoms with Crippen molar-refractivity contribution in [1.82, 2.24) is 15.0 Å². The lowest BCUT2D eigenvalue weighted by Crippen LogP contribution is -2.14. The zero-order valence-corrected chi connectivity index (χ0v) is 15.0. The minimum absolute atomic E-state index is 0.121. The van der Waals surface area contributed by atoms with Gasteiger partial charge in [-0.1, -0.05) is 0 Å². The Morgan fingerprint density at radius 2 is 2.08 bits per heavy atom. The summed E-state index contributed by atoms with van der Waals surface area (Å²) in [6.45, 7) is 4.29. The van der Waals surface area contributed by atoms with Crippen LogP contribution in [0.3, 0.4) is 0 Å². The quantitative estimate of drug-likeness (QED) is 0.698. The second-order valence-corrected chi connectivity index (χ2v) is 6.22. The Hall–Kier alpha value is -2.41. The molecule has 0 radical (unpaired) electrons. The molecule has 0 saturated heterocycles. The fourth-order valence-corrected chi connectivity index (χ4v) is 2.56. The van der Waals surface area contributed by atoms with Crippen LogP contribution in [0.2, 0.25) is 0 Å². The van der Waals surface area contributed by atoms with Gasteiger partial charge in [0.15, 0.2) is 4.67 Å². The average molecular weight is 389 g/mol. The first-order chi connectivity index (χ1) is 11.5. The van der Waals surface area contributed by atoms with Crippen LogP contribution in [0.4, 0.5) is 5.82 Å². The summed E-state index contributed by atoms with van der Waals surface area (Å²) in [7, 11) is 0. The molecule has 0 atom stereocenters. The minimum atomic E-state index is -0.121. The molecule has 0 bridgehead atoms. The van der Waals surface area contributed by atoms with Crippen molar-refractivity contribution in [2.24, 2.45) is 0 Å². The molecule has 0 amide bonds. The van der Waals surface area contributed by atoms with E-state index in [1.165, 1.54) is 0 Å². The zero-order valence-electron chi connectivity index (χ0n) is 13.4. The second-order valence-electron chi connectivity index (χ2n) is 5.44.